The molecule has 34 heavy (non-hydrogen) atoms. The van der Waals surface area contributed by atoms with Crippen molar-refractivity contribution in [2.24, 2.45) is 0 Å². The SMILES string of the molecule is CC(=O)N1CCCC(c2nc(Nc3cccc(F)c3)cc(-c3cncc(-c4nnco4)c3)n2)C1. The quantitative estimate of drug-likeness (QED) is 0.473. The molecule has 1 aliphatic rings. The smallest absolute Gasteiger partial charge is 0.249 e. The number of hydrogen-bond acceptors (Lipinski definition) is 8. The maximum absolute atomic E-state index is 13.7. The summed E-state index contributed by atoms with van der Waals surface area (Å²) in [5.41, 5.74) is 2.61. The third kappa shape index (κ3) is 4.75. The van der Waals surface area contributed by atoms with Gasteiger partial charge in [-0.25, -0.2) is 14.4 Å². The van der Waals surface area contributed by atoms with Gasteiger partial charge in [-0.05, 0) is 37.1 Å². The van der Waals surface area contributed by atoms with E-state index in [0.717, 1.165) is 24.9 Å². The lowest BCUT2D eigenvalue weighted by Crippen LogP contribution is -2.38. The first-order valence-corrected chi connectivity index (χ1v) is 10.9. The average Bonchev–Trinajstić information content (AvgIpc) is 3.39. The van der Waals surface area contributed by atoms with E-state index in [-0.39, 0.29) is 17.6 Å². The third-order valence-corrected chi connectivity index (χ3v) is 5.71. The van der Waals surface area contributed by atoms with E-state index < -0.39 is 0 Å². The fraction of sp³-hybridized carbons (Fsp3) is 0.250. The van der Waals surface area contributed by atoms with Gasteiger partial charge in [-0.2, -0.15) is 0 Å². The molecular weight excluding hydrogens is 437 g/mol. The predicted molar refractivity (Wildman–Crippen MR) is 122 cm³/mol. The van der Waals surface area contributed by atoms with Gasteiger partial charge in [0.05, 0.1) is 11.3 Å². The Kier molecular flexibility index (Phi) is 5.94. The van der Waals surface area contributed by atoms with E-state index in [1.165, 1.54) is 18.5 Å². The van der Waals surface area contributed by atoms with Crippen molar-refractivity contribution >= 4 is 17.4 Å². The molecule has 10 heteroatoms. The highest BCUT2D eigenvalue weighted by atomic mass is 19.1. The van der Waals surface area contributed by atoms with Crippen LogP contribution in [0.1, 0.15) is 31.5 Å². The van der Waals surface area contributed by atoms with E-state index in [9.17, 15) is 9.18 Å². The van der Waals surface area contributed by atoms with Crippen LogP contribution < -0.4 is 5.32 Å². The zero-order chi connectivity index (χ0) is 23.5. The van der Waals surface area contributed by atoms with Gasteiger partial charge in [0.25, 0.3) is 0 Å². The Balaban J connectivity index is 1.55. The van der Waals surface area contributed by atoms with Crippen LogP contribution in [0.4, 0.5) is 15.9 Å². The number of amides is 1. The molecule has 1 aromatic carbocycles. The fourth-order valence-corrected chi connectivity index (χ4v) is 4.04. The minimum Gasteiger partial charge on any atom is -0.423 e. The number of carbonyl (C=O) groups excluding carboxylic acids is 1. The highest BCUT2D eigenvalue weighted by molar-refractivity contribution is 5.73. The number of nitrogens with zero attached hydrogens (tertiary/aromatic N) is 6. The summed E-state index contributed by atoms with van der Waals surface area (Å²) in [4.78, 5) is 27.7. The predicted octanol–water partition coefficient (Wildman–Crippen LogP) is 4.20. The number of rotatable bonds is 5. The van der Waals surface area contributed by atoms with Gasteiger partial charge in [-0.3, -0.25) is 9.78 Å². The summed E-state index contributed by atoms with van der Waals surface area (Å²) in [5, 5.41) is 10.8. The van der Waals surface area contributed by atoms with Crippen LogP contribution in [0.15, 0.2) is 59.6 Å². The summed E-state index contributed by atoms with van der Waals surface area (Å²) in [6, 6.07) is 9.83. The Hall–Kier alpha value is -4.21. The maximum Gasteiger partial charge on any atom is 0.249 e. The first kappa shape index (κ1) is 21.6. The minimum absolute atomic E-state index is 0.0160. The first-order valence-electron chi connectivity index (χ1n) is 10.9. The molecule has 5 rings (SSSR count). The van der Waals surface area contributed by atoms with Gasteiger partial charge in [0.2, 0.25) is 18.2 Å². The van der Waals surface area contributed by atoms with Crippen molar-refractivity contribution in [3.8, 4) is 22.7 Å². The van der Waals surface area contributed by atoms with Crippen molar-refractivity contribution in [1.82, 2.24) is 30.0 Å². The van der Waals surface area contributed by atoms with Crippen molar-refractivity contribution in [3.63, 3.8) is 0 Å². The largest absolute Gasteiger partial charge is 0.423 e. The van der Waals surface area contributed by atoms with Crippen molar-refractivity contribution in [3.05, 3.63) is 66.8 Å². The highest BCUT2D eigenvalue weighted by Gasteiger charge is 2.26. The van der Waals surface area contributed by atoms with Crippen LogP contribution in [0.2, 0.25) is 0 Å². The molecule has 1 fully saturated rings. The Bertz CT molecular complexity index is 1310. The molecule has 4 aromatic rings. The van der Waals surface area contributed by atoms with E-state index >= 15 is 0 Å². The molecule has 0 radical (unpaired) electrons. The molecule has 3 aromatic heterocycles. The van der Waals surface area contributed by atoms with Gasteiger partial charge in [0.1, 0.15) is 17.5 Å². The zero-order valence-electron chi connectivity index (χ0n) is 18.5. The van der Waals surface area contributed by atoms with Gasteiger partial charge in [-0.1, -0.05) is 6.07 Å². The number of anilines is 2. The molecule has 172 valence electrons. The number of likely N-dealkylation sites (tertiary alicyclic amines) is 1. The normalized spacial score (nSPS) is 15.8. The van der Waals surface area contributed by atoms with Crippen molar-refractivity contribution < 1.29 is 13.6 Å². The zero-order valence-corrected chi connectivity index (χ0v) is 18.5. The highest BCUT2D eigenvalue weighted by Crippen LogP contribution is 2.30. The summed E-state index contributed by atoms with van der Waals surface area (Å²) in [6.45, 7) is 2.86. The van der Waals surface area contributed by atoms with Gasteiger partial charge in [0.15, 0.2) is 0 Å². The second-order valence-electron chi connectivity index (χ2n) is 8.14. The van der Waals surface area contributed by atoms with Crippen LogP contribution in [-0.2, 0) is 4.79 Å². The van der Waals surface area contributed by atoms with Gasteiger partial charge in [-0.15, -0.1) is 10.2 Å². The van der Waals surface area contributed by atoms with Crippen molar-refractivity contribution in [2.45, 2.75) is 25.7 Å². The Morgan fingerprint density at radius 1 is 1.18 bits per heavy atom. The summed E-state index contributed by atoms with van der Waals surface area (Å²) < 4.78 is 19.0. The van der Waals surface area contributed by atoms with Gasteiger partial charge < -0.3 is 14.6 Å². The lowest BCUT2D eigenvalue weighted by Gasteiger charge is -2.31. The van der Waals surface area contributed by atoms with Crippen LogP contribution >= 0.6 is 0 Å². The average molecular weight is 459 g/mol. The lowest BCUT2D eigenvalue weighted by atomic mass is 9.96. The monoisotopic (exact) mass is 459 g/mol. The first-order chi connectivity index (χ1) is 16.5. The Morgan fingerprint density at radius 2 is 2.06 bits per heavy atom. The van der Waals surface area contributed by atoms with E-state index in [1.54, 1.807) is 37.5 Å². The molecule has 0 aliphatic carbocycles. The summed E-state index contributed by atoms with van der Waals surface area (Å²) >= 11 is 0. The Morgan fingerprint density at radius 3 is 2.85 bits per heavy atom. The molecule has 0 bridgehead atoms. The molecular formula is C24H22FN7O2. The van der Waals surface area contributed by atoms with Crippen molar-refractivity contribution in [1.29, 1.82) is 0 Å². The van der Waals surface area contributed by atoms with Crippen LogP contribution in [0, 0.1) is 5.82 Å². The topological polar surface area (TPSA) is 110 Å². The van der Waals surface area contributed by atoms with Crippen LogP contribution in [0.5, 0.6) is 0 Å². The molecule has 0 spiro atoms. The molecule has 4 heterocycles. The number of pyridine rings is 1. The molecule has 1 saturated heterocycles. The number of nitrogens with one attached hydrogen (secondary N) is 1. The molecule has 9 nitrogen and oxygen atoms in total. The third-order valence-electron chi connectivity index (χ3n) is 5.71. The number of carbonyl (C=O) groups is 1. The Labute approximate surface area is 195 Å². The van der Waals surface area contributed by atoms with E-state index in [0.29, 0.717) is 41.0 Å². The van der Waals surface area contributed by atoms with Gasteiger partial charge in [0, 0.05) is 55.6 Å². The number of halogens is 1. The lowest BCUT2D eigenvalue weighted by molar-refractivity contribution is -0.130. The maximum atomic E-state index is 13.7. The standard InChI is InChI=1S/C24H22FN7O2/c1-15(33)32-7-3-4-16(13-32)23-29-21(10-22(30-23)28-20-6-2-5-19(25)9-20)17-8-18(12-26-11-17)24-31-27-14-34-24/h2,5-6,8-12,14,16H,3-4,7,13H2,1H3,(H,28,29,30). The molecule has 1 aliphatic heterocycles. The number of piperidine rings is 1. The molecule has 1 unspecified atom stereocenters. The summed E-state index contributed by atoms with van der Waals surface area (Å²) in [7, 11) is 0. The summed E-state index contributed by atoms with van der Waals surface area (Å²) in [6.07, 6.45) is 6.33. The second kappa shape index (κ2) is 9.34. The molecule has 1 N–H and O–H groups in total. The fourth-order valence-electron chi connectivity index (χ4n) is 4.04. The second-order valence-corrected chi connectivity index (χ2v) is 8.14. The van der Waals surface area contributed by atoms with Crippen LogP contribution in [0.3, 0.4) is 0 Å². The molecule has 1 atom stereocenters. The number of benzene rings is 1. The summed E-state index contributed by atoms with van der Waals surface area (Å²) in [5.74, 6) is 1.17. The molecule has 0 saturated carbocycles. The number of aromatic nitrogens is 5. The van der Waals surface area contributed by atoms with E-state index in [4.69, 9.17) is 14.4 Å². The van der Waals surface area contributed by atoms with Crippen LogP contribution in [0.25, 0.3) is 22.7 Å². The van der Waals surface area contributed by atoms with E-state index in [2.05, 4.69) is 20.5 Å². The minimum atomic E-state index is -0.347. The number of hydrogen-bond donors (Lipinski definition) is 1. The van der Waals surface area contributed by atoms with Gasteiger partial charge >= 0.3 is 0 Å². The van der Waals surface area contributed by atoms with E-state index in [1.807, 2.05) is 11.0 Å². The molecule has 1 amide bonds. The van der Waals surface area contributed by atoms with Crippen LogP contribution in [-0.4, -0.2) is 49.0 Å². The van der Waals surface area contributed by atoms with Crippen molar-refractivity contribution in [2.75, 3.05) is 18.4 Å².